The van der Waals surface area contributed by atoms with Gasteiger partial charge in [0.2, 0.25) is 0 Å². The molecule has 0 saturated heterocycles. The molecule has 0 heterocycles. The number of nitrogens with zero attached hydrogens (tertiary/aromatic N) is 1. The van der Waals surface area contributed by atoms with Crippen LogP contribution >= 0.6 is 11.6 Å². The van der Waals surface area contributed by atoms with Crippen LogP contribution in [0.2, 0.25) is 5.02 Å². The molecule has 0 bridgehead atoms. The molecule has 0 aliphatic heterocycles. The van der Waals surface area contributed by atoms with Crippen LogP contribution in [-0.4, -0.2) is 16.1 Å². The van der Waals surface area contributed by atoms with Crippen molar-refractivity contribution in [2.75, 3.05) is 0 Å². The Morgan fingerprint density at radius 3 is 2.69 bits per heavy atom. The van der Waals surface area contributed by atoms with Crippen LogP contribution in [0, 0.1) is 10.1 Å². The van der Waals surface area contributed by atoms with Gasteiger partial charge in [-0.1, -0.05) is 25.4 Å². The molecule has 0 amide bonds. The molecule has 0 atom stereocenters. The summed E-state index contributed by atoms with van der Waals surface area (Å²) < 4.78 is 0. The number of benzene rings is 1. The standard InChI is InChI=1S/C10H13ClN2O3/c1-6(2)12-5-7-3-8(11)4-9(10(7)14)13(15)16/h3-4,6,12,14H,5H2,1-2H3. The number of rotatable bonds is 4. The number of aromatic hydroxyl groups is 1. The van der Waals surface area contributed by atoms with Crippen molar-refractivity contribution in [2.24, 2.45) is 0 Å². The summed E-state index contributed by atoms with van der Waals surface area (Å²) in [5, 5.41) is 23.6. The van der Waals surface area contributed by atoms with Crippen LogP contribution < -0.4 is 5.32 Å². The molecule has 5 nitrogen and oxygen atoms in total. The smallest absolute Gasteiger partial charge is 0.312 e. The molecule has 2 N–H and O–H groups in total. The number of hydrogen-bond donors (Lipinski definition) is 2. The molecule has 0 unspecified atom stereocenters. The molecule has 0 radical (unpaired) electrons. The predicted octanol–water partition coefficient (Wildman–Crippen LogP) is 2.45. The summed E-state index contributed by atoms with van der Waals surface area (Å²) >= 11 is 5.74. The Morgan fingerprint density at radius 2 is 2.19 bits per heavy atom. The summed E-state index contributed by atoms with van der Waals surface area (Å²) in [5.74, 6) is -0.331. The number of hydrogen-bond acceptors (Lipinski definition) is 4. The van der Waals surface area contributed by atoms with E-state index < -0.39 is 4.92 Å². The Bertz CT molecular complexity index is 407. The summed E-state index contributed by atoms with van der Waals surface area (Å²) in [5.41, 5.74) is 0.0564. The molecule has 6 heteroatoms. The third kappa shape index (κ3) is 3.08. The van der Waals surface area contributed by atoms with Gasteiger partial charge in [-0.3, -0.25) is 10.1 Å². The van der Waals surface area contributed by atoms with Crippen molar-refractivity contribution in [3.05, 3.63) is 32.8 Å². The second kappa shape index (κ2) is 5.14. The van der Waals surface area contributed by atoms with Crippen molar-refractivity contribution in [3.63, 3.8) is 0 Å². The lowest BCUT2D eigenvalue weighted by Crippen LogP contribution is -2.21. The highest BCUT2D eigenvalue weighted by molar-refractivity contribution is 6.31. The fourth-order valence-electron chi connectivity index (χ4n) is 1.23. The molecular formula is C10H13ClN2O3. The molecule has 0 aliphatic rings. The number of nitro groups is 1. The summed E-state index contributed by atoms with van der Waals surface area (Å²) in [6.07, 6.45) is 0. The molecule has 0 aliphatic carbocycles. The van der Waals surface area contributed by atoms with Crippen LogP contribution in [0.1, 0.15) is 19.4 Å². The first-order valence-electron chi connectivity index (χ1n) is 4.81. The van der Waals surface area contributed by atoms with Gasteiger partial charge >= 0.3 is 5.69 Å². The predicted molar refractivity (Wildman–Crippen MR) is 61.7 cm³/mol. The van der Waals surface area contributed by atoms with Gasteiger partial charge in [-0.2, -0.15) is 0 Å². The van der Waals surface area contributed by atoms with E-state index in [0.717, 1.165) is 6.07 Å². The van der Waals surface area contributed by atoms with Gasteiger partial charge in [0.05, 0.1) is 4.92 Å². The van der Waals surface area contributed by atoms with E-state index in [4.69, 9.17) is 11.6 Å². The Kier molecular flexibility index (Phi) is 4.09. The van der Waals surface area contributed by atoms with Gasteiger partial charge in [0.1, 0.15) is 0 Å². The van der Waals surface area contributed by atoms with Gasteiger partial charge in [0.25, 0.3) is 0 Å². The first-order valence-corrected chi connectivity index (χ1v) is 5.18. The van der Waals surface area contributed by atoms with Gasteiger partial charge in [-0.05, 0) is 6.07 Å². The maximum absolute atomic E-state index is 10.6. The molecule has 0 aromatic heterocycles. The van der Waals surface area contributed by atoms with Gasteiger partial charge in [-0.15, -0.1) is 0 Å². The number of nitrogens with one attached hydrogen (secondary N) is 1. The van der Waals surface area contributed by atoms with Gasteiger partial charge in [0, 0.05) is 29.2 Å². The number of halogens is 1. The van der Waals surface area contributed by atoms with E-state index in [9.17, 15) is 15.2 Å². The largest absolute Gasteiger partial charge is 0.502 e. The minimum absolute atomic E-state index is 0.220. The fraction of sp³-hybridized carbons (Fsp3) is 0.400. The van der Waals surface area contributed by atoms with Crippen molar-refractivity contribution in [3.8, 4) is 5.75 Å². The normalized spacial score (nSPS) is 10.8. The second-order valence-electron chi connectivity index (χ2n) is 3.73. The molecule has 0 fully saturated rings. The van der Waals surface area contributed by atoms with Gasteiger partial charge in [-0.25, -0.2) is 0 Å². The van der Waals surface area contributed by atoms with E-state index in [2.05, 4.69) is 5.32 Å². The topological polar surface area (TPSA) is 75.4 Å². The van der Waals surface area contributed by atoms with Crippen LogP contribution in [0.5, 0.6) is 5.75 Å². The molecule has 0 saturated carbocycles. The van der Waals surface area contributed by atoms with E-state index in [0.29, 0.717) is 12.1 Å². The van der Waals surface area contributed by atoms with Crippen molar-refractivity contribution in [1.82, 2.24) is 5.32 Å². The van der Waals surface area contributed by atoms with E-state index in [-0.39, 0.29) is 22.5 Å². The molecule has 16 heavy (non-hydrogen) atoms. The lowest BCUT2D eigenvalue weighted by molar-refractivity contribution is -0.385. The van der Waals surface area contributed by atoms with E-state index in [1.165, 1.54) is 6.07 Å². The van der Waals surface area contributed by atoms with Crippen molar-refractivity contribution >= 4 is 17.3 Å². The average Bonchev–Trinajstić information content (AvgIpc) is 2.18. The van der Waals surface area contributed by atoms with Gasteiger partial charge < -0.3 is 10.4 Å². The van der Waals surface area contributed by atoms with Gasteiger partial charge in [0.15, 0.2) is 5.75 Å². The SMILES string of the molecule is CC(C)NCc1cc(Cl)cc([N+](=O)[O-])c1O. The first-order chi connectivity index (χ1) is 7.41. The third-order valence-corrected chi connectivity index (χ3v) is 2.25. The molecule has 1 aromatic rings. The van der Waals surface area contributed by atoms with Crippen LogP contribution in [0.3, 0.4) is 0 Å². The van der Waals surface area contributed by atoms with Crippen molar-refractivity contribution < 1.29 is 10.0 Å². The lowest BCUT2D eigenvalue weighted by Gasteiger charge is -2.10. The summed E-state index contributed by atoms with van der Waals surface area (Å²) in [6, 6.07) is 2.87. The second-order valence-corrected chi connectivity index (χ2v) is 4.16. The highest BCUT2D eigenvalue weighted by Crippen LogP contribution is 2.33. The van der Waals surface area contributed by atoms with E-state index >= 15 is 0 Å². The summed E-state index contributed by atoms with van der Waals surface area (Å²) in [4.78, 5) is 9.98. The van der Waals surface area contributed by atoms with Crippen LogP contribution in [0.25, 0.3) is 0 Å². The zero-order valence-electron chi connectivity index (χ0n) is 9.03. The van der Waals surface area contributed by atoms with Crippen LogP contribution in [-0.2, 0) is 6.54 Å². The molecule has 1 aromatic carbocycles. The molecule has 0 spiro atoms. The summed E-state index contributed by atoms with van der Waals surface area (Å²) in [7, 11) is 0. The molecule has 1 rings (SSSR count). The highest BCUT2D eigenvalue weighted by atomic mass is 35.5. The maximum Gasteiger partial charge on any atom is 0.312 e. The number of phenols is 1. The van der Waals surface area contributed by atoms with Crippen LogP contribution in [0.4, 0.5) is 5.69 Å². The highest BCUT2D eigenvalue weighted by Gasteiger charge is 2.18. The molecular weight excluding hydrogens is 232 g/mol. The fourth-order valence-corrected chi connectivity index (χ4v) is 1.46. The number of phenolic OH excluding ortho intramolecular Hbond substituents is 1. The van der Waals surface area contributed by atoms with E-state index in [1.54, 1.807) is 0 Å². The quantitative estimate of drug-likeness (QED) is 0.630. The maximum atomic E-state index is 10.6. The number of nitro benzene ring substituents is 1. The Labute approximate surface area is 98.2 Å². The first kappa shape index (κ1) is 12.7. The zero-order valence-corrected chi connectivity index (χ0v) is 9.78. The average molecular weight is 245 g/mol. The zero-order chi connectivity index (χ0) is 12.3. The summed E-state index contributed by atoms with van der Waals surface area (Å²) in [6.45, 7) is 4.22. The Morgan fingerprint density at radius 1 is 1.56 bits per heavy atom. The Hall–Kier alpha value is -1.33. The van der Waals surface area contributed by atoms with E-state index in [1.807, 2.05) is 13.8 Å². The lowest BCUT2D eigenvalue weighted by atomic mass is 10.1. The Balaban J connectivity index is 3.04. The van der Waals surface area contributed by atoms with Crippen molar-refractivity contribution in [2.45, 2.75) is 26.4 Å². The van der Waals surface area contributed by atoms with Crippen molar-refractivity contribution in [1.29, 1.82) is 0 Å². The minimum atomic E-state index is -0.653. The molecule has 88 valence electrons. The van der Waals surface area contributed by atoms with Crippen LogP contribution in [0.15, 0.2) is 12.1 Å². The third-order valence-electron chi connectivity index (χ3n) is 2.03. The monoisotopic (exact) mass is 244 g/mol. The minimum Gasteiger partial charge on any atom is -0.502 e.